The number of carbonyl (C=O) groups is 1. The van der Waals surface area contributed by atoms with Gasteiger partial charge < -0.3 is 0 Å². The molecule has 0 amide bonds. The lowest BCUT2D eigenvalue weighted by Gasteiger charge is -2.07. The summed E-state index contributed by atoms with van der Waals surface area (Å²) in [5.74, 6) is 0.358. The quantitative estimate of drug-likeness (QED) is 0.553. The second kappa shape index (κ2) is 11.9. The van der Waals surface area contributed by atoms with Gasteiger partial charge in [0.05, 0.1) is 0 Å². The van der Waals surface area contributed by atoms with Crippen LogP contribution in [0.3, 0.4) is 0 Å². The molecule has 114 valence electrons. The number of carbonyl (C=O) groups excluding carboxylic acids is 1. The minimum atomic E-state index is 0.358. The number of Topliss-reactive ketones (excluding diaryl/α,β-unsaturated/α-hetero) is 1. The number of hydrogen-bond acceptors (Lipinski definition) is 1. The van der Waals surface area contributed by atoms with Gasteiger partial charge in [-0.3, -0.25) is 4.79 Å². The van der Waals surface area contributed by atoms with Crippen molar-refractivity contribution in [3.8, 4) is 0 Å². The Bertz CT molecular complexity index is 301. The van der Waals surface area contributed by atoms with Crippen molar-refractivity contribution < 1.29 is 4.79 Å². The molecule has 1 aliphatic carbocycles. The predicted molar refractivity (Wildman–Crippen MR) is 87.9 cm³/mol. The van der Waals surface area contributed by atoms with E-state index in [1.54, 1.807) is 0 Å². The predicted octanol–water partition coefficient (Wildman–Crippen LogP) is 6.14. The standard InChI is InChI=1S/C19H32O/c1-2-15-18-16-13-11-9-7-5-3-4-6-8-10-12-14-17-19(18)20/h2,16H,1,3-15,17H2. The number of hydrogen-bond donors (Lipinski definition) is 0. The van der Waals surface area contributed by atoms with Crippen LogP contribution in [0.5, 0.6) is 0 Å². The summed E-state index contributed by atoms with van der Waals surface area (Å²) in [6.07, 6.45) is 21.0. The summed E-state index contributed by atoms with van der Waals surface area (Å²) in [6.45, 7) is 3.78. The zero-order valence-corrected chi connectivity index (χ0v) is 13.2. The van der Waals surface area contributed by atoms with E-state index in [1.807, 2.05) is 6.08 Å². The molecule has 0 radical (unpaired) electrons. The second-order valence-electron chi connectivity index (χ2n) is 6.07. The molecule has 0 N–H and O–H groups in total. The van der Waals surface area contributed by atoms with E-state index in [4.69, 9.17) is 0 Å². The molecular weight excluding hydrogens is 244 g/mol. The van der Waals surface area contributed by atoms with E-state index >= 15 is 0 Å². The first kappa shape index (κ1) is 17.2. The van der Waals surface area contributed by atoms with Crippen molar-refractivity contribution in [3.63, 3.8) is 0 Å². The zero-order valence-electron chi connectivity index (χ0n) is 13.2. The lowest BCUT2D eigenvalue weighted by atomic mass is 9.98. The summed E-state index contributed by atoms with van der Waals surface area (Å²) in [5.41, 5.74) is 1.01. The van der Waals surface area contributed by atoms with Gasteiger partial charge >= 0.3 is 0 Å². The van der Waals surface area contributed by atoms with Crippen LogP contribution in [0.25, 0.3) is 0 Å². The lowest BCUT2D eigenvalue weighted by molar-refractivity contribution is -0.115. The van der Waals surface area contributed by atoms with Crippen molar-refractivity contribution in [2.75, 3.05) is 0 Å². The van der Waals surface area contributed by atoms with E-state index in [0.717, 1.165) is 31.3 Å². The lowest BCUT2D eigenvalue weighted by Crippen LogP contribution is -2.02. The summed E-state index contributed by atoms with van der Waals surface area (Å²) in [6, 6.07) is 0. The maximum Gasteiger partial charge on any atom is 0.158 e. The Morgan fingerprint density at radius 3 is 1.90 bits per heavy atom. The molecule has 1 rings (SSSR count). The van der Waals surface area contributed by atoms with Gasteiger partial charge in [-0.05, 0) is 31.3 Å². The molecular formula is C19H32O. The third-order valence-electron chi connectivity index (χ3n) is 4.22. The maximum atomic E-state index is 12.2. The third kappa shape index (κ3) is 8.35. The fourth-order valence-electron chi connectivity index (χ4n) is 2.92. The topological polar surface area (TPSA) is 17.1 Å². The van der Waals surface area contributed by atoms with E-state index in [0.29, 0.717) is 5.78 Å². The third-order valence-corrected chi connectivity index (χ3v) is 4.22. The van der Waals surface area contributed by atoms with Gasteiger partial charge in [-0.1, -0.05) is 69.9 Å². The molecule has 1 nitrogen and oxygen atoms in total. The Morgan fingerprint density at radius 1 is 0.850 bits per heavy atom. The van der Waals surface area contributed by atoms with Crippen molar-refractivity contribution in [2.45, 2.75) is 89.9 Å². The van der Waals surface area contributed by atoms with Crippen molar-refractivity contribution in [1.82, 2.24) is 0 Å². The van der Waals surface area contributed by atoms with Gasteiger partial charge in [-0.25, -0.2) is 0 Å². The molecule has 0 spiro atoms. The molecule has 0 saturated carbocycles. The van der Waals surface area contributed by atoms with Gasteiger partial charge in [0.2, 0.25) is 0 Å². The summed E-state index contributed by atoms with van der Waals surface area (Å²) < 4.78 is 0. The van der Waals surface area contributed by atoms with Gasteiger partial charge in [0, 0.05) is 6.42 Å². The normalized spacial score (nSPS) is 21.2. The molecule has 0 bridgehead atoms. The van der Waals surface area contributed by atoms with E-state index in [9.17, 15) is 4.79 Å². The summed E-state index contributed by atoms with van der Waals surface area (Å²) in [5, 5.41) is 0. The van der Waals surface area contributed by atoms with Gasteiger partial charge in [0.1, 0.15) is 0 Å². The monoisotopic (exact) mass is 276 g/mol. The molecule has 1 aliphatic rings. The van der Waals surface area contributed by atoms with Crippen molar-refractivity contribution in [1.29, 1.82) is 0 Å². The molecule has 0 unspecified atom stereocenters. The average Bonchev–Trinajstić information content (AvgIpc) is 2.45. The van der Waals surface area contributed by atoms with Crippen LogP contribution >= 0.6 is 0 Å². The highest BCUT2D eigenvalue weighted by Crippen LogP contribution is 2.16. The van der Waals surface area contributed by atoms with Crippen LogP contribution in [-0.2, 0) is 4.79 Å². The fourth-order valence-corrected chi connectivity index (χ4v) is 2.92. The van der Waals surface area contributed by atoms with Crippen LogP contribution in [0.1, 0.15) is 89.9 Å². The highest BCUT2D eigenvalue weighted by Gasteiger charge is 2.07. The summed E-state index contributed by atoms with van der Waals surface area (Å²) in [4.78, 5) is 12.2. The van der Waals surface area contributed by atoms with E-state index in [2.05, 4.69) is 12.7 Å². The van der Waals surface area contributed by atoms with Crippen LogP contribution in [0, 0.1) is 0 Å². The average molecular weight is 276 g/mol. The molecule has 20 heavy (non-hydrogen) atoms. The Kier molecular flexibility index (Phi) is 10.3. The molecule has 0 aromatic carbocycles. The minimum absolute atomic E-state index is 0.358. The highest BCUT2D eigenvalue weighted by molar-refractivity contribution is 5.95. The van der Waals surface area contributed by atoms with Crippen molar-refractivity contribution in [3.05, 3.63) is 24.3 Å². The van der Waals surface area contributed by atoms with Crippen LogP contribution in [-0.4, -0.2) is 5.78 Å². The fraction of sp³-hybridized carbons (Fsp3) is 0.737. The first-order valence-corrected chi connectivity index (χ1v) is 8.67. The van der Waals surface area contributed by atoms with Gasteiger partial charge in [-0.2, -0.15) is 0 Å². The van der Waals surface area contributed by atoms with Crippen LogP contribution < -0.4 is 0 Å². The number of rotatable bonds is 2. The molecule has 0 saturated heterocycles. The van der Waals surface area contributed by atoms with Gasteiger partial charge in [-0.15, -0.1) is 6.58 Å². The zero-order chi connectivity index (χ0) is 14.5. The smallest absolute Gasteiger partial charge is 0.158 e. The minimum Gasteiger partial charge on any atom is -0.295 e. The largest absolute Gasteiger partial charge is 0.295 e. The van der Waals surface area contributed by atoms with E-state index < -0.39 is 0 Å². The van der Waals surface area contributed by atoms with Gasteiger partial charge in [0.25, 0.3) is 0 Å². The maximum absolute atomic E-state index is 12.2. The summed E-state index contributed by atoms with van der Waals surface area (Å²) in [7, 11) is 0. The van der Waals surface area contributed by atoms with E-state index in [1.165, 1.54) is 64.2 Å². The molecule has 0 heterocycles. The van der Waals surface area contributed by atoms with Gasteiger partial charge in [0.15, 0.2) is 5.78 Å². The molecule has 0 fully saturated rings. The molecule has 0 atom stereocenters. The summed E-state index contributed by atoms with van der Waals surface area (Å²) >= 11 is 0. The number of ketones is 1. The Balaban J connectivity index is 2.44. The Labute approximate surface area is 125 Å². The molecule has 0 aromatic heterocycles. The first-order valence-electron chi connectivity index (χ1n) is 8.67. The van der Waals surface area contributed by atoms with Crippen molar-refractivity contribution >= 4 is 5.78 Å². The number of allylic oxidation sites excluding steroid dienone is 3. The van der Waals surface area contributed by atoms with Crippen LogP contribution in [0.2, 0.25) is 0 Å². The molecule has 0 aliphatic heterocycles. The Hall–Kier alpha value is -0.850. The SMILES string of the molecule is C=CCC1=CCCCCCCCCCCCCCC1=O. The Morgan fingerprint density at radius 2 is 1.35 bits per heavy atom. The van der Waals surface area contributed by atoms with Crippen LogP contribution in [0.4, 0.5) is 0 Å². The van der Waals surface area contributed by atoms with Crippen molar-refractivity contribution in [2.24, 2.45) is 0 Å². The second-order valence-corrected chi connectivity index (χ2v) is 6.07. The highest BCUT2D eigenvalue weighted by atomic mass is 16.1. The van der Waals surface area contributed by atoms with Crippen LogP contribution in [0.15, 0.2) is 24.3 Å². The van der Waals surface area contributed by atoms with E-state index in [-0.39, 0.29) is 0 Å². The molecule has 0 aromatic rings. The first-order chi connectivity index (χ1) is 9.84. The molecule has 1 heteroatoms.